The normalized spacial score (nSPS) is 18.5. The van der Waals surface area contributed by atoms with Gasteiger partial charge in [0.25, 0.3) is 0 Å². The van der Waals surface area contributed by atoms with Crippen LogP contribution in [0.4, 0.5) is 9.59 Å². The minimum atomic E-state index is -0.677. The number of carbonyl (C=O) groups is 2. The first kappa shape index (κ1) is 18.8. The largest absolute Gasteiger partial charge is 0.449 e. The van der Waals surface area contributed by atoms with Crippen LogP contribution in [0.5, 0.6) is 0 Å². The predicted molar refractivity (Wildman–Crippen MR) is 102 cm³/mol. The number of hydrazine groups is 1. The van der Waals surface area contributed by atoms with Gasteiger partial charge in [-0.2, -0.15) is 0 Å². The molecular weight excluding hydrogens is 346 g/mol. The average Bonchev–Trinajstić information content (AvgIpc) is 3.26. The second-order valence-corrected chi connectivity index (χ2v) is 6.47. The van der Waals surface area contributed by atoms with Gasteiger partial charge in [-0.3, -0.25) is 0 Å². The van der Waals surface area contributed by atoms with E-state index in [0.29, 0.717) is 6.42 Å². The van der Waals surface area contributed by atoms with Gasteiger partial charge in [0.15, 0.2) is 0 Å². The number of aromatic amines is 1. The van der Waals surface area contributed by atoms with Crippen molar-refractivity contribution >= 4 is 23.1 Å². The SMILES string of the molecule is CCOC(=O)NN(C(=O)OCC)[C@H]1CC=C[C@@H]1c1cc2cc(C)ccc2[nH]1. The molecule has 2 aromatic rings. The minimum absolute atomic E-state index is 0.0935. The van der Waals surface area contributed by atoms with Gasteiger partial charge in [-0.25, -0.2) is 20.0 Å². The third-order valence-electron chi connectivity index (χ3n) is 4.58. The summed E-state index contributed by atoms with van der Waals surface area (Å²) in [5, 5.41) is 2.35. The Hall–Kier alpha value is -2.96. The van der Waals surface area contributed by atoms with Crippen molar-refractivity contribution in [1.82, 2.24) is 15.4 Å². The van der Waals surface area contributed by atoms with Crippen molar-refractivity contribution in [3.63, 3.8) is 0 Å². The second kappa shape index (κ2) is 8.16. The third kappa shape index (κ3) is 4.07. The van der Waals surface area contributed by atoms with Gasteiger partial charge in [0.2, 0.25) is 0 Å². The molecule has 0 radical (unpaired) electrons. The summed E-state index contributed by atoms with van der Waals surface area (Å²) in [6, 6.07) is 7.99. The number of nitrogens with one attached hydrogen (secondary N) is 2. The van der Waals surface area contributed by atoms with E-state index < -0.39 is 12.2 Å². The lowest BCUT2D eigenvalue weighted by molar-refractivity contribution is 0.0539. The van der Waals surface area contributed by atoms with E-state index in [1.54, 1.807) is 13.8 Å². The number of hydrogen-bond donors (Lipinski definition) is 2. The Labute approximate surface area is 158 Å². The first-order valence-corrected chi connectivity index (χ1v) is 9.18. The summed E-state index contributed by atoms with van der Waals surface area (Å²) in [6.07, 6.45) is 3.37. The van der Waals surface area contributed by atoms with Gasteiger partial charge in [0, 0.05) is 17.1 Å². The molecule has 7 nitrogen and oxygen atoms in total. The highest BCUT2D eigenvalue weighted by atomic mass is 16.6. The van der Waals surface area contributed by atoms with Crippen LogP contribution in [-0.2, 0) is 9.47 Å². The number of amides is 2. The molecule has 0 saturated heterocycles. The molecule has 1 aromatic heterocycles. The molecule has 1 aliphatic rings. The van der Waals surface area contributed by atoms with Gasteiger partial charge in [-0.05, 0) is 50.8 Å². The van der Waals surface area contributed by atoms with Crippen LogP contribution in [0.25, 0.3) is 10.9 Å². The summed E-state index contributed by atoms with van der Waals surface area (Å²) in [4.78, 5) is 27.8. The standard InChI is InChI=1S/C20H25N3O4/c1-4-26-19(24)22-23(20(25)27-5-2)18-8-6-7-15(18)17-12-14-11-13(3)9-10-16(14)21-17/h6-7,9-12,15,18,21H,4-5,8H2,1-3H3,(H,22,24)/t15-,18+/m1/s1. The van der Waals surface area contributed by atoms with Crippen molar-refractivity contribution in [3.05, 3.63) is 47.7 Å². The molecule has 7 heteroatoms. The van der Waals surface area contributed by atoms with Crippen molar-refractivity contribution in [2.24, 2.45) is 0 Å². The number of hydrogen-bond acceptors (Lipinski definition) is 4. The van der Waals surface area contributed by atoms with Crippen LogP contribution < -0.4 is 5.43 Å². The zero-order chi connectivity index (χ0) is 19.4. The number of ether oxygens (including phenoxy) is 2. The second-order valence-electron chi connectivity index (χ2n) is 6.47. The van der Waals surface area contributed by atoms with Crippen LogP contribution in [0.15, 0.2) is 36.4 Å². The number of rotatable bonds is 4. The Kier molecular flexibility index (Phi) is 5.69. The fourth-order valence-corrected chi connectivity index (χ4v) is 3.39. The topological polar surface area (TPSA) is 83.7 Å². The van der Waals surface area contributed by atoms with Gasteiger partial charge in [-0.15, -0.1) is 0 Å². The predicted octanol–water partition coefficient (Wildman–Crippen LogP) is 4.01. The summed E-state index contributed by atoms with van der Waals surface area (Å²) < 4.78 is 10.1. The van der Waals surface area contributed by atoms with Crippen molar-refractivity contribution in [2.75, 3.05) is 13.2 Å². The van der Waals surface area contributed by atoms with Crippen molar-refractivity contribution in [2.45, 2.75) is 39.2 Å². The van der Waals surface area contributed by atoms with Gasteiger partial charge < -0.3 is 14.5 Å². The first-order valence-electron chi connectivity index (χ1n) is 9.18. The van der Waals surface area contributed by atoms with E-state index in [1.807, 2.05) is 18.2 Å². The van der Waals surface area contributed by atoms with Crippen LogP contribution in [-0.4, -0.2) is 41.4 Å². The average molecular weight is 371 g/mol. The molecule has 0 bridgehead atoms. The van der Waals surface area contributed by atoms with E-state index >= 15 is 0 Å². The molecular formula is C20H25N3O4. The lowest BCUT2D eigenvalue weighted by atomic mass is 9.99. The monoisotopic (exact) mass is 371 g/mol. The van der Waals surface area contributed by atoms with Gasteiger partial charge in [-0.1, -0.05) is 23.8 Å². The molecule has 0 spiro atoms. The number of benzene rings is 1. The molecule has 0 unspecified atom stereocenters. The molecule has 27 heavy (non-hydrogen) atoms. The summed E-state index contributed by atoms with van der Waals surface area (Å²) in [5.41, 5.74) is 5.73. The van der Waals surface area contributed by atoms with Crippen molar-refractivity contribution in [1.29, 1.82) is 0 Å². The molecule has 1 heterocycles. The third-order valence-corrected chi connectivity index (χ3v) is 4.58. The molecule has 0 aliphatic heterocycles. The Morgan fingerprint density at radius 3 is 2.74 bits per heavy atom. The molecule has 2 amide bonds. The molecule has 144 valence electrons. The summed E-state index contributed by atoms with van der Waals surface area (Å²) in [7, 11) is 0. The van der Waals surface area contributed by atoms with Crippen LogP contribution in [0, 0.1) is 6.92 Å². The maximum atomic E-state index is 12.5. The zero-order valence-electron chi connectivity index (χ0n) is 15.8. The Balaban J connectivity index is 1.88. The highest BCUT2D eigenvalue weighted by Gasteiger charge is 2.36. The summed E-state index contributed by atoms with van der Waals surface area (Å²) in [6.45, 7) is 5.92. The quantitative estimate of drug-likeness (QED) is 0.628. The number of fused-ring (bicyclic) bond motifs is 1. The number of nitrogens with zero attached hydrogens (tertiary/aromatic N) is 1. The fourth-order valence-electron chi connectivity index (χ4n) is 3.39. The Morgan fingerprint density at radius 2 is 2.00 bits per heavy atom. The van der Waals surface area contributed by atoms with E-state index in [-0.39, 0.29) is 25.2 Å². The van der Waals surface area contributed by atoms with Gasteiger partial charge >= 0.3 is 12.2 Å². The van der Waals surface area contributed by atoms with Crippen molar-refractivity contribution < 1.29 is 19.1 Å². The highest BCUT2D eigenvalue weighted by Crippen LogP contribution is 2.34. The van der Waals surface area contributed by atoms with Crippen LogP contribution in [0.3, 0.4) is 0 Å². The smallest absolute Gasteiger partial charge is 0.429 e. The van der Waals surface area contributed by atoms with Crippen LogP contribution >= 0.6 is 0 Å². The lowest BCUT2D eigenvalue weighted by Gasteiger charge is -2.31. The molecule has 2 N–H and O–H groups in total. The number of aryl methyl sites for hydroxylation is 1. The number of aromatic nitrogens is 1. The number of carbonyl (C=O) groups excluding carboxylic acids is 2. The highest BCUT2D eigenvalue weighted by molar-refractivity contribution is 5.81. The fraction of sp³-hybridized carbons (Fsp3) is 0.400. The molecule has 3 rings (SSSR count). The van der Waals surface area contributed by atoms with E-state index in [1.165, 1.54) is 10.6 Å². The van der Waals surface area contributed by atoms with E-state index in [9.17, 15) is 9.59 Å². The molecule has 1 aromatic carbocycles. The molecule has 1 aliphatic carbocycles. The first-order chi connectivity index (χ1) is 13.0. The maximum absolute atomic E-state index is 12.5. The maximum Gasteiger partial charge on any atom is 0.429 e. The molecule has 0 fully saturated rings. The van der Waals surface area contributed by atoms with E-state index in [2.05, 4.69) is 35.5 Å². The Bertz CT molecular complexity index is 858. The summed E-state index contributed by atoms with van der Waals surface area (Å²) in [5.74, 6) is -0.0935. The van der Waals surface area contributed by atoms with E-state index in [0.717, 1.165) is 16.6 Å². The van der Waals surface area contributed by atoms with Crippen molar-refractivity contribution in [3.8, 4) is 0 Å². The zero-order valence-corrected chi connectivity index (χ0v) is 15.8. The van der Waals surface area contributed by atoms with Gasteiger partial charge in [0.1, 0.15) is 0 Å². The van der Waals surface area contributed by atoms with E-state index in [4.69, 9.17) is 9.47 Å². The lowest BCUT2D eigenvalue weighted by Crippen LogP contribution is -2.53. The van der Waals surface area contributed by atoms with Crippen LogP contribution in [0.2, 0.25) is 0 Å². The van der Waals surface area contributed by atoms with Gasteiger partial charge in [0.05, 0.1) is 19.3 Å². The Morgan fingerprint density at radius 1 is 1.22 bits per heavy atom. The molecule has 0 saturated carbocycles. The minimum Gasteiger partial charge on any atom is -0.449 e. The number of H-pyrrole nitrogens is 1. The summed E-state index contributed by atoms with van der Waals surface area (Å²) >= 11 is 0. The molecule has 2 atom stereocenters. The van der Waals surface area contributed by atoms with Crippen LogP contribution in [0.1, 0.15) is 37.4 Å².